The summed E-state index contributed by atoms with van der Waals surface area (Å²) in [6, 6.07) is 20.6. The Balaban J connectivity index is 1.61. The van der Waals surface area contributed by atoms with Crippen LogP contribution in [0.25, 0.3) is 27.6 Å². The second-order valence-electron chi connectivity index (χ2n) is 5.91. The highest BCUT2D eigenvalue weighted by Crippen LogP contribution is 2.35. The van der Waals surface area contributed by atoms with Crippen LogP contribution in [-0.2, 0) is 4.74 Å². The number of nitrogens with zero attached hydrogens (tertiary/aromatic N) is 2. The molecule has 4 rings (SSSR count). The van der Waals surface area contributed by atoms with E-state index in [2.05, 4.69) is 11.1 Å². The van der Waals surface area contributed by atoms with E-state index >= 15 is 0 Å². The van der Waals surface area contributed by atoms with E-state index in [0.29, 0.717) is 27.6 Å². The number of fused-ring (bicyclic) bond motifs is 1. The molecule has 2 aromatic carbocycles. The van der Waals surface area contributed by atoms with Crippen molar-refractivity contribution in [3.63, 3.8) is 0 Å². The first kappa shape index (κ1) is 19.0. The number of thioether (sulfide) groups is 1. The van der Waals surface area contributed by atoms with Crippen molar-refractivity contribution in [1.82, 2.24) is 4.98 Å². The third-order valence-corrected chi connectivity index (χ3v) is 6.11. The van der Waals surface area contributed by atoms with Crippen molar-refractivity contribution in [2.24, 2.45) is 0 Å². The number of methoxy groups -OCH3 is 1. The number of thiazole rings is 1. The van der Waals surface area contributed by atoms with Gasteiger partial charge in [-0.3, -0.25) is 0 Å². The zero-order valence-electron chi connectivity index (χ0n) is 15.3. The summed E-state index contributed by atoms with van der Waals surface area (Å²) in [5.41, 5.74) is 1.97. The molecule has 0 saturated carbocycles. The van der Waals surface area contributed by atoms with Crippen LogP contribution in [-0.4, -0.2) is 18.1 Å². The maximum Gasteiger partial charge on any atom is 0.338 e. The van der Waals surface area contributed by atoms with E-state index in [0.717, 1.165) is 14.6 Å². The number of para-hydroxylation sites is 1. The largest absolute Gasteiger partial charge is 0.465 e. The molecule has 0 aliphatic rings. The highest BCUT2D eigenvalue weighted by atomic mass is 32.2. The highest BCUT2D eigenvalue weighted by molar-refractivity contribution is 8.05. The standard InChI is InChI=1S/C22H14N2O3S2/c1-26-21(25)17-7-3-2-6-16(17)19-11-10-14(27-19)12-15(13-23)28-22-24-18-8-4-5-9-20(18)29-22/h2-12H,1H3/b15-12+. The van der Waals surface area contributed by atoms with Crippen LogP contribution in [0.5, 0.6) is 0 Å². The lowest BCUT2D eigenvalue weighted by Crippen LogP contribution is -2.02. The first-order valence-electron chi connectivity index (χ1n) is 8.60. The lowest BCUT2D eigenvalue weighted by molar-refractivity contribution is 0.0601. The van der Waals surface area contributed by atoms with Gasteiger partial charge in [0.25, 0.3) is 0 Å². The van der Waals surface area contributed by atoms with Crippen LogP contribution in [0, 0.1) is 11.3 Å². The van der Waals surface area contributed by atoms with Crippen molar-refractivity contribution < 1.29 is 13.9 Å². The number of aromatic nitrogens is 1. The minimum Gasteiger partial charge on any atom is -0.465 e. The molecule has 7 heteroatoms. The number of hydrogen-bond acceptors (Lipinski definition) is 7. The van der Waals surface area contributed by atoms with Crippen molar-refractivity contribution in [1.29, 1.82) is 5.26 Å². The number of rotatable bonds is 5. The molecular weight excluding hydrogens is 404 g/mol. The molecule has 0 aliphatic heterocycles. The van der Waals surface area contributed by atoms with E-state index in [1.807, 2.05) is 30.3 Å². The van der Waals surface area contributed by atoms with Crippen molar-refractivity contribution in [3.8, 4) is 17.4 Å². The Morgan fingerprint density at radius 3 is 2.76 bits per heavy atom. The number of esters is 1. The molecule has 0 atom stereocenters. The monoisotopic (exact) mass is 418 g/mol. The summed E-state index contributed by atoms with van der Waals surface area (Å²) in [4.78, 5) is 17.0. The maximum atomic E-state index is 12.0. The summed E-state index contributed by atoms with van der Waals surface area (Å²) < 4.78 is 12.6. The summed E-state index contributed by atoms with van der Waals surface area (Å²) in [6.07, 6.45) is 1.67. The number of carbonyl (C=O) groups is 1. The summed E-state index contributed by atoms with van der Waals surface area (Å²) in [5.74, 6) is 0.613. The van der Waals surface area contributed by atoms with Crippen LogP contribution >= 0.6 is 23.1 Å². The molecule has 0 bridgehead atoms. The number of benzene rings is 2. The van der Waals surface area contributed by atoms with Crippen molar-refractivity contribution in [2.75, 3.05) is 7.11 Å². The van der Waals surface area contributed by atoms with Crippen LogP contribution in [0.4, 0.5) is 0 Å². The Kier molecular flexibility index (Phi) is 5.47. The van der Waals surface area contributed by atoms with Gasteiger partial charge in [-0.25, -0.2) is 9.78 Å². The van der Waals surface area contributed by atoms with Crippen LogP contribution in [0.15, 0.2) is 74.3 Å². The Bertz CT molecular complexity index is 1230. The van der Waals surface area contributed by atoms with E-state index in [9.17, 15) is 10.1 Å². The SMILES string of the molecule is COC(=O)c1ccccc1-c1ccc(/C=C(\C#N)Sc2nc3ccccc3s2)o1. The molecule has 0 fully saturated rings. The van der Waals surface area contributed by atoms with Gasteiger partial charge < -0.3 is 9.15 Å². The van der Waals surface area contributed by atoms with Gasteiger partial charge in [-0.1, -0.05) is 30.3 Å². The fraction of sp³-hybridized carbons (Fsp3) is 0.0455. The van der Waals surface area contributed by atoms with Crippen molar-refractivity contribution >= 4 is 45.4 Å². The average molecular weight is 418 g/mol. The number of ether oxygens (including phenoxy) is 1. The molecule has 0 radical (unpaired) electrons. The van der Waals surface area contributed by atoms with Crippen LogP contribution < -0.4 is 0 Å². The molecule has 0 spiro atoms. The number of carbonyl (C=O) groups excluding carboxylic acids is 1. The van der Waals surface area contributed by atoms with Gasteiger partial charge in [-0.15, -0.1) is 11.3 Å². The van der Waals surface area contributed by atoms with E-state index in [-0.39, 0.29) is 0 Å². The fourth-order valence-electron chi connectivity index (χ4n) is 2.76. The van der Waals surface area contributed by atoms with Gasteiger partial charge in [0.1, 0.15) is 17.6 Å². The van der Waals surface area contributed by atoms with Crippen LogP contribution in [0.2, 0.25) is 0 Å². The molecule has 2 aromatic heterocycles. The molecule has 29 heavy (non-hydrogen) atoms. The van der Waals surface area contributed by atoms with Crippen molar-refractivity contribution in [3.05, 3.63) is 76.9 Å². The van der Waals surface area contributed by atoms with Gasteiger partial charge in [0.2, 0.25) is 0 Å². The van der Waals surface area contributed by atoms with Gasteiger partial charge in [0, 0.05) is 11.6 Å². The van der Waals surface area contributed by atoms with Gasteiger partial charge in [0.05, 0.1) is 27.8 Å². The summed E-state index contributed by atoms with van der Waals surface area (Å²) in [6.45, 7) is 0. The van der Waals surface area contributed by atoms with Gasteiger partial charge in [0.15, 0.2) is 4.34 Å². The van der Waals surface area contributed by atoms with Crippen molar-refractivity contribution in [2.45, 2.75) is 4.34 Å². The molecule has 0 N–H and O–H groups in total. The lowest BCUT2D eigenvalue weighted by Gasteiger charge is -2.04. The smallest absolute Gasteiger partial charge is 0.338 e. The summed E-state index contributed by atoms with van der Waals surface area (Å²) >= 11 is 2.84. The number of hydrogen-bond donors (Lipinski definition) is 0. The molecule has 0 aliphatic carbocycles. The first-order valence-corrected chi connectivity index (χ1v) is 10.2. The zero-order chi connectivity index (χ0) is 20.2. The predicted octanol–water partition coefficient (Wildman–Crippen LogP) is 6.00. The first-order chi connectivity index (χ1) is 14.2. The second-order valence-corrected chi connectivity index (χ2v) is 8.23. The zero-order valence-corrected chi connectivity index (χ0v) is 16.9. The quantitative estimate of drug-likeness (QED) is 0.225. The molecule has 4 aromatic rings. The normalized spacial score (nSPS) is 11.4. The van der Waals surface area contributed by atoms with E-state index in [4.69, 9.17) is 9.15 Å². The van der Waals surface area contributed by atoms with Gasteiger partial charge in [-0.05, 0) is 42.1 Å². The second kappa shape index (κ2) is 8.35. The topological polar surface area (TPSA) is 76.1 Å². The highest BCUT2D eigenvalue weighted by Gasteiger charge is 2.15. The predicted molar refractivity (Wildman–Crippen MR) is 115 cm³/mol. The lowest BCUT2D eigenvalue weighted by atomic mass is 10.1. The third-order valence-electron chi connectivity index (χ3n) is 4.08. The van der Waals surface area contributed by atoms with Crippen LogP contribution in [0.3, 0.4) is 0 Å². The summed E-state index contributed by atoms with van der Waals surface area (Å²) in [5, 5.41) is 9.53. The number of allylic oxidation sites excluding steroid dienone is 1. The molecule has 0 saturated heterocycles. The maximum absolute atomic E-state index is 12.0. The Morgan fingerprint density at radius 2 is 1.97 bits per heavy atom. The molecule has 2 heterocycles. The molecule has 5 nitrogen and oxygen atoms in total. The summed E-state index contributed by atoms with van der Waals surface area (Å²) in [7, 11) is 1.34. The number of nitriles is 1. The Labute approximate surface area is 175 Å². The molecule has 0 unspecified atom stereocenters. The fourth-order valence-corrected chi connectivity index (χ4v) is 4.72. The average Bonchev–Trinajstić information content (AvgIpc) is 3.39. The minimum absolute atomic E-state index is 0.421. The Morgan fingerprint density at radius 1 is 1.17 bits per heavy atom. The van der Waals surface area contributed by atoms with E-state index in [1.54, 1.807) is 36.4 Å². The molecular formula is C22H14N2O3S2. The van der Waals surface area contributed by atoms with E-state index in [1.165, 1.54) is 30.2 Å². The molecule has 142 valence electrons. The van der Waals surface area contributed by atoms with E-state index < -0.39 is 5.97 Å². The molecule has 0 amide bonds. The Hall–Kier alpha value is -3.34. The van der Waals surface area contributed by atoms with Gasteiger partial charge >= 0.3 is 5.97 Å². The number of furan rings is 1. The minimum atomic E-state index is -0.432. The third kappa shape index (κ3) is 4.09. The van der Waals surface area contributed by atoms with Crippen LogP contribution in [0.1, 0.15) is 16.1 Å². The van der Waals surface area contributed by atoms with Gasteiger partial charge in [-0.2, -0.15) is 5.26 Å².